The molecule has 1 unspecified atom stereocenters. The Hall–Kier alpha value is -0.570. The van der Waals surface area contributed by atoms with E-state index in [2.05, 4.69) is 24.4 Å². The highest BCUT2D eigenvalue weighted by Gasteiger charge is 2.09. The molecule has 0 radical (unpaired) electrons. The molecule has 1 aromatic carbocycles. The van der Waals surface area contributed by atoms with Crippen LogP contribution in [0.3, 0.4) is 0 Å². The van der Waals surface area contributed by atoms with Crippen LogP contribution in [0.1, 0.15) is 31.2 Å². The highest BCUT2D eigenvalue weighted by molar-refractivity contribution is 6.30. The molecule has 96 valence electrons. The molecule has 0 saturated carbocycles. The van der Waals surface area contributed by atoms with E-state index in [9.17, 15) is 0 Å². The Morgan fingerprint density at radius 1 is 1.29 bits per heavy atom. The molecule has 2 nitrogen and oxygen atoms in total. The molecule has 0 aliphatic rings. The van der Waals surface area contributed by atoms with E-state index in [0.29, 0.717) is 5.92 Å². The summed E-state index contributed by atoms with van der Waals surface area (Å²) in [6.45, 7) is 4.89. The summed E-state index contributed by atoms with van der Waals surface area (Å²) in [6, 6.07) is 8.19. The lowest BCUT2D eigenvalue weighted by molar-refractivity contribution is 0.198. The van der Waals surface area contributed by atoms with Crippen LogP contribution >= 0.6 is 11.6 Å². The summed E-state index contributed by atoms with van der Waals surface area (Å²) in [5.41, 5.74) is 1.36. The molecule has 0 aromatic heterocycles. The van der Waals surface area contributed by atoms with Gasteiger partial charge in [-0.2, -0.15) is 0 Å². The van der Waals surface area contributed by atoms with Gasteiger partial charge in [-0.25, -0.2) is 0 Å². The molecule has 1 N–H and O–H groups in total. The maximum absolute atomic E-state index is 5.91. The predicted octanol–water partition coefficient (Wildman–Crippen LogP) is 3.46. The molecule has 17 heavy (non-hydrogen) atoms. The van der Waals surface area contributed by atoms with Crippen molar-refractivity contribution in [2.24, 2.45) is 0 Å². The van der Waals surface area contributed by atoms with E-state index < -0.39 is 0 Å². The number of hydrogen-bond acceptors (Lipinski definition) is 2. The van der Waals surface area contributed by atoms with Gasteiger partial charge in [0.1, 0.15) is 0 Å². The minimum absolute atomic E-state index is 0.564. The topological polar surface area (TPSA) is 21.3 Å². The standard InChI is InChI=1S/C14H22ClNO/c1-3-4-13(11-16-9-10-17-2)12-5-7-14(15)8-6-12/h5-8,13,16H,3-4,9-11H2,1-2H3. The molecule has 0 spiro atoms. The SMILES string of the molecule is CCCC(CNCCOC)c1ccc(Cl)cc1. The summed E-state index contributed by atoms with van der Waals surface area (Å²) in [4.78, 5) is 0. The predicted molar refractivity (Wildman–Crippen MR) is 73.8 cm³/mol. The molecule has 0 amide bonds. The van der Waals surface area contributed by atoms with E-state index >= 15 is 0 Å². The summed E-state index contributed by atoms with van der Waals surface area (Å²) in [6.07, 6.45) is 2.39. The van der Waals surface area contributed by atoms with Gasteiger partial charge >= 0.3 is 0 Å². The van der Waals surface area contributed by atoms with E-state index in [1.807, 2.05) is 12.1 Å². The fourth-order valence-electron chi connectivity index (χ4n) is 1.92. The first kappa shape index (κ1) is 14.5. The summed E-state index contributed by atoms with van der Waals surface area (Å²) >= 11 is 5.91. The second-order valence-corrected chi connectivity index (χ2v) is 4.67. The summed E-state index contributed by atoms with van der Waals surface area (Å²) in [5.74, 6) is 0.564. The van der Waals surface area contributed by atoms with Gasteiger partial charge < -0.3 is 10.1 Å². The Balaban J connectivity index is 2.49. The van der Waals surface area contributed by atoms with E-state index in [0.717, 1.165) is 24.7 Å². The maximum atomic E-state index is 5.91. The first-order valence-corrected chi connectivity index (χ1v) is 6.60. The summed E-state index contributed by atoms with van der Waals surface area (Å²) in [7, 11) is 1.73. The molecule has 0 aliphatic carbocycles. The number of nitrogens with one attached hydrogen (secondary N) is 1. The number of ether oxygens (including phenoxy) is 1. The Kier molecular flexibility index (Phi) is 7.25. The Morgan fingerprint density at radius 3 is 2.59 bits per heavy atom. The molecule has 1 aromatic rings. The zero-order valence-corrected chi connectivity index (χ0v) is 11.5. The lowest BCUT2D eigenvalue weighted by Crippen LogP contribution is -2.25. The largest absolute Gasteiger partial charge is 0.383 e. The number of halogens is 1. The van der Waals surface area contributed by atoms with Crippen molar-refractivity contribution in [1.82, 2.24) is 5.32 Å². The zero-order chi connectivity index (χ0) is 12.5. The van der Waals surface area contributed by atoms with E-state index in [1.165, 1.54) is 18.4 Å². The van der Waals surface area contributed by atoms with Crippen molar-refractivity contribution in [2.75, 3.05) is 26.8 Å². The third-order valence-electron chi connectivity index (χ3n) is 2.85. The van der Waals surface area contributed by atoms with Gasteiger partial charge in [0.2, 0.25) is 0 Å². The van der Waals surface area contributed by atoms with Gasteiger partial charge in [-0.15, -0.1) is 0 Å². The van der Waals surface area contributed by atoms with Gasteiger partial charge in [0.25, 0.3) is 0 Å². The minimum Gasteiger partial charge on any atom is -0.383 e. The number of benzene rings is 1. The van der Waals surface area contributed by atoms with Crippen molar-refractivity contribution in [2.45, 2.75) is 25.7 Å². The number of methoxy groups -OCH3 is 1. The third kappa shape index (κ3) is 5.53. The third-order valence-corrected chi connectivity index (χ3v) is 3.10. The molecule has 0 bridgehead atoms. The lowest BCUT2D eigenvalue weighted by Gasteiger charge is -2.17. The van der Waals surface area contributed by atoms with Crippen LogP contribution in [0.4, 0.5) is 0 Å². The van der Waals surface area contributed by atoms with Gasteiger partial charge in [-0.3, -0.25) is 0 Å². The van der Waals surface area contributed by atoms with E-state index in [4.69, 9.17) is 16.3 Å². The van der Waals surface area contributed by atoms with Crippen LogP contribution in [-0.2, 0) is 4.74 Å². The van der Waals surface area contributed by atoms with Crippen molar-refractivity contribution in [3.8, 4) is 0 Å². The fourth-order valence-corrected chi connectivity index (χ4v) is 2.05. The molecular formula is C14H22ClNO. The van der Waals surface area contributed by atoms with Gasteiger partial charge in [-0.05, 0) is 30.0 Å². The lowest BCUT2D eigenvalue weighted by atomic mass is 9.94. The van der Waals surface area contributed by atoms with Crippen molar-refractivity contribution in [3.63, 3.8) is 0 Å². The van der Waals surface area contributed by atoms with Crippen LogP contribution in [0, 0.1) is 0 Å². The molecule has 0 aliphatic heterocycles. The molecule has 1 atom stereocenters. The van der Waals surface area contributed by atoms with Crippen LogP contribution in [0.15, 0.2) is 24.3 Å². The Morgan fingerprint density at radius 2 is 2.00 bits per heavy atom. The molecule has 0 heterocycles. The fraction of sp³-hybridized carbons (Fsp3) is 0.571. The number of hydrogen-bond donors (Lipinski definition) is 1. The Labute approximate surface area is 109 Å². The van der Waals surface area contributed by atoms with E-state index in [-0.39, 0.29) is 0 Å². The quantitative estimate of drug-likeness (QED) is 0.719. The van der Waals surface area contributed by atoms with Gasteiger partial charge in [0.05, 0.1) is 6.61 Å². The normalized spacial score (nSPS) is 12.6. The Bertz CT molecular complexity index is 300. The highest BCUT2D eigenvalue weighted by Crippen LogP contribution is 2.22. The van der Waals surface area contributed by atoms with Crippen LogP contribution in [0.5, 0.6) is 0 Å². The van der Waals surface area contributed by atoms with Gasteiger partial charge in [-0.1, -0.05) is 37.1 Å². The highest BCUT2D eigenvalue weighted by atomic mass is 35.5. The second kappa shape index (κ2) is 8.51. The van der Waals surface area contributed by atoms with Crippen LogP contribution in [-0.4, -0.2) is 26.8 Å². The molecular weight excluding hydrogens is 234 g/mol. The van der Waals surface area contributed by atoms with Crippen molar-refractivity contribution < 1.29 is 4.74 Å². The van der Waals surface area contributed by atoms with Crippen molar-refractivity contribution >= 4 is 11.6 Å². The average Bonchev–Trinajstić information content (AvgIpc) is 2.34. The van der Waals surface area contributed by atoms with Crippen LogP contribution < -0.4 is 5.32 Å². The molecule has 0 saturated heterocycles. The van der Waals surface area contributed by atoms with E-state index in [1.54, 1.807) is 7.11 Å². The zero-order valence-electron chi connectivity index (χ0n) is 10.7. The monoisotopic (exact) mass is 255 g/mol. The van der Waals surface area contributed by atoms with Crippen LogP contribution in [0.2, 0.25) is 5.02 Å². The minimum atomic E-state index is 0.564. The smallest absolute Gasteiger partial charge is 0.0587 e. The first-order valence-electron chi connectivity index (χ1n) is 6.23. The summed E-state index contributed by atoms with van der Waals surface area (Å²) < 4.78 is 5.03. The molecule has 3 heteroatoms. The van der Waals surface area contributed by atoms with Gasteiger partial charge in [0, 0.05) is 25.2 Å². The number of rotatable bonds is 8. The maximum Gasteiger partial charge on any atom is 0.0587 e. The first-order chi connectivity index (χ1) is 8.27. The summed E-state index contributed by atoms with van der Waals surface area (Å²) in [5, 5.41) is 4.23. The van der Waals surface area contributed by atoms with Gasteiger partial charge in [0.15, 0.2) is 0 Å². The van der Waals surface area contributed by atoms with Crippen molar-refractivity contribution in [1.29, 1.82) is 0 Å². The molecule has 1 rings (SSSR count). The second-order valence-electron chi connectivity index (χ2n) is 4.23. The van der Waals surface area contributed by atoms with Crippen molar-refractivity contribution in [3.05, 3.63) is 34.9 Å². The van der Waals surface area contributed by atoms with Crippen LogP contribution in [0.25, 0.3) is 0 Å². The average molecular weight is 256 g/mol. The molecule has 0 fully saturated rings.